The number of ether oxygens (including phenoxy) is 1. The number of amides is 1. The second kappa shape index (κ2) is 6.58. The van der Waals surface area contributed by atoms with E-state index in [0.717, 1.165) is 25.9 Å². The molecule has 0 aromatic rings. The maximum atomic E-state index is 11.4. The summed E-state index contributed by atoms with van der Waals surface area (Å²) >= 11 is 0. The molecule has 1 rings (SSSR count). The van der Waals surface area contributed by atoms with Crippen LogP contribution >= 0.6 is 0 Å². The fourth-order valence-corrected chi connectivity index (χ4v) is 1.23. The van der Waals surface area contributed by atoms with Crippen molar-refractivity contribution in [2.75, 3.05) is 20.0 Å². The largest absolute Gasteiger partial charge is 0.444 e. The summed E-state index contributed by atoms with van der Waals surface area (Å²) in [5.41, 5.74) is -0.361. The number of halogens is 2. The van der Waals surface area contributed by atoms with Crippen LogP contribution in [0.25, 0.3) is 0 Å². The standard InChI is InChI=1S/C9H17NO2.CH2F2/c1-9(2,3)12-8(11)10-6-4-5-7-10;2-1-3/h4-7H2,1-3H3;1H2. The van der Waals surface area contributed by atoms with Gasteiger partial charge in [0.15, 0.2) is 0 Å². The Kier molecular flexibility index (Phi) is 6.20. The molecule has 1 aliphatic rings. The van der Waals surface area contributed by atoms with Gasteiger partial charge in [0, 0.05) is 13.1 Å². The molecule has 1 amide bonds. The number of carbonyl (C=O) groups is 1. The summed E-state index contributed by atoms with van der Waals surface area (Å²) in [5.74, 6) is 0. The van der Waals surface area contributed by atoms with Crippen LogP contribution in [0, 0.1) is 0 Å². The smallest absolute Gasteiger partial charge is 0.410 e. The van der Waals surface area contributed by atoms with Crippen molar-refractivity contribution in [3.05, 3.63) is 0 Å². The van der Waals surface area contributed by atoms with Crippen molar-refractivity contribution in [3.63, 3.8) is 0 Å². The van der Waals surface area contributed by atoms with Gasteiger partial charge in [-0.25, -0.2) is 13.6 Å². The molecule has 0 aromatic heterocycles. The molecular formula is C10H19F2NO2. The molecule has 0 aliphatic carbocycles. The molecule has 5 heteroatoms. The number of nitrogens with zero attached hydrogens (tertiary/aromatic N) is 1. The first-order chi connectivity index (χ1) is 6.90. The molecule has 1 saturated heterocycles. The molecule has 0 aromatic carbocycles. The van der Waals surface area contributed by atoms with Gasteiger partial charge in [-0.15, -0.1) is 0 Å². The first-order valence-corrected chi connectivity index (χ1v) is 5.00. The number of hydrogen-bond donors (Lipinski definition) is 0. The minimum absolute atomic E-state index is 0.167. The molecule has 1 fully saturated rings. The van der Waals surface area contributed by atoms with Gasteiger partial charge in [0.2, 0.25) is 6.93 Å². The molecule has 0 saturated carbocycles. The predicted molar refractivity (Wildman–Crippen MR) is 54.1 cm³/mol. The quantitative estimate of drug-likeness (QED) is 0.632. The van der Waals surface area contributed by atoms with Crippen LogP contribution in [0.2, 0.25) is 0 Å². The Bertz CT molecular complexity index is 186. The molecule has 15 heavy (non-hydrogen) atoms. The molecule has 1 aliphatic heterocycles. The Morgan fingerprint density at radius 2 is 1.67 bits per heavy atom. The SMILES string of the molecule is CC(C)(C)OC(=O)N1CCCC1.FCF. The maximum absolute atomic E-state index is 11.4. The van der Waals surface area contributed by atoms with Gasteiger partial charge in [0.25, 0.3) is 0 Å². The molecular weight excluding hydrogens is 204 g/mol. The highest BCUT2D eigenvalue weighted by Crippen LogP contribution is 2.14. The zero-order valence-electron chi connectivity index (χ0n) is 9.56. The van der Waals surface area contributed by atoms with E-state index in [1.54, 1.807) is 4.90 Å². The molecule has 0 unspecified atom stereocenters. The van der Waals surface area contributed by atoms with Gasteiger partial charge in [-0.05, 0) is 33.6 Å². The number of carbonyl (C=O) groups excluding carboxylic acids is 1. The normalized spacial score (nSPS) is 15.7. The summed E-state index contributed by atoms with van der Waals surface area (Å²) in [6, 6.07) is 0. The van der Waals surface area contributed by atoms with Crippen molar-refractivity contribution >= 4 is 6.09 Å². The molecule has 0 radical (unpaired) electrons. The highest BCUT2D eigenvalue weighted by molar-refractivity contribution is 5.68. The van der Waals surface area contributed by atoms with Crippen LogP contribution in [0.3, 0.4) is 0 Å². The van der Waals surface area contributed by atoms with Crippen molar-refractivity contribution in [2.24, 2.45) is 0 Å². The topological polar surface area (TPSA) is 29.5 Å². The summed E-state index contributed by atoms with van der Waals surface area (Å²) in [7, 11) is 0. The van der Waals surface area contributed by atoms with E-state index in [-0.39, 0.29) is 11.7 Å². The molecule has 0 bridgehead atoms. The van der Waals surface area contributed by atoms with E-state index in [1.807, 2.05) is 20.8 Å². The van der Waals surface area contributed by atoms with Crippen molar-refractivity contribution < 1.29 is 18.3 Å². The third kappa shape index (κ3) is 7.11. The summed E-state index contributed by atoms with van der Waals surface area (Å²) in [6.45, 7) is 5.63. The third-order valence-corrected chi connectivity index (χ3v) is 1.76. The Morgan fingerprint density at radius 3 is 2.00 bits per heavy atom. The predicted octanol–water partition coefficient (Wildman–Crippen LogP) is 2.90. The van der Waals surface area contributed by atoms with E-state index < -0.39 is 6.93 Å². The van der Waals surface area contributed by atoms with Crippen LogP contribution < -0.4 is 0 Å². The molecule has 0 spiro atoms. The zero-order chi connectivity index (χ0) is 11.9. The summed E-state index contributed by atoms with van der Waals surface area (Å²) in [5, 5.41) is 0. The van der Waals surface area contributed by atoms with Gasteiger partial charge in [0.1, 0.15) is 5.60 Å². The average Bonchev–Trinajstić information content (AvgIpc) is 2.53. The average molecular weight is 223 g/mol. The van der Waals surface area contributed by atoms with Crippen LogP contribution in [-0.4, -0.2) is 36.6 Å². The molecule has 0 N–H and O–H groups in total. The van der Waals surface area contributed by atoms with Crippen LogP contribution in [-0.2, 0) is 4.74 Å². The van der Waals surface area contributed by atoms with E-state index in [4.69, 9.17) is 4.74 Å². The molecule has 90 valence electrons. The van der Waals surface area contributed by atoms with E-state index in [2.05, 4.69) is 0 Å². The second-order valence-electron chi connectivity index (χ2n) is 4.28. The van der Waals surface area contributed by atoms with Gasteiger partial charge in [0.05, 0.1) is 0 Å². The van der Waals surface area contributed by atoms with E-state index in [9.17, 15) is 13.6 Å². The van der Waals surface area contributed by atoms with Gasteiger partial charge in [-0.1, -0.05) is 0 Å². The highest BCUT2D eigenvalue weighted by atomic mass is 19.3. The van der Waals surface area contributed by atoms with Crippen LogP contribution in [0.1, 0.15) is 33.6 Å². The lowest BCUT2D eigenvalue weighted by molar-refractivity contribution is 0.0295. The lowest BCUT2D eigenvalue weighted by atomic mass is 10.2. The maximum Gasteiger partial charge on any atom is 0.410 e. The summed E-state index contributed by atoms with van der Waals surface area (Å²) in [4.78, 5) is 13.1. The van der Waals surface area contributed by atoms with E-state index >= 15 is 0 Å². The van der Waals surface area contributed by atoms with Crippen LogP contribution in [0.5, 0.6) is 0 Å². The van der Waals surface area contributed by atoms with Crippen molar-refractivity contribution in [1.82, 2.24) is 4.90 Å². The molecule has 3 nitrogen and oxygen atoms in total. The van der Waals surface area contributed by atoms with Gasteiger partial charge in [-0.2, -0.15) is 0 Å². The number of likely N-dealkylation sites (tertiary alicyclic amines) is 1. The van der Waals surface area contributed by atoms with E-state index in [1.165, 1.54) is 0 Å². The number of hydrogen-bond acceptors (Lipinski definition) is 2. The Labute approximate surface area is 89.4 Å². The fraction of sp³-hybridized carbons (Fsp3) is 0.900. The molecule has 1 heterocycles. The summed E-state index contributed by atoms with van der Waals surface area (Å²) in [6.07, 6.45) is 2.05. The first-order valence-electron chi connectivity index (χ1n) is 5.00. The third-order valence-electron chi connectivity index (χ3n) is 1.76. The van der Waals surface area contributed by atoms with Crippen molar-refractivity contribution in [3.8, 4) is 0 Å². The van der Waals surface area contributed by atoms with Crippen molar-refractivity contribution in [2.45, 2.75) is 39.2 Å². The van der Waals surface area contributed by atoms with Gasteiger partial charge >= 0.3 is 6.09 Å². The Balaban J connectivity index is 0.000000583. The molecule has 0 atom stereocenters. The van der Waals surface area contributed by atoms with E-state index in [0.29, 0.717) is 0 Å². The number of alkyl halides is 2. The minimum atomic E-state index is -1.75. The lowest BCUT2D eigenvalue weighted by Crippen LogP contribution is -2.34. The Hall–Kier alpha value is -0.870. The highest BCUT2D eigenvalue weighted by Gasteiger charge is 2.23. The summed E-state index contributed by atoms with van der Waals surface area (Å²) < 4.78 is 24.5. The zero-order valence-corrected chi connectivity index (χ0v) is 9.56. The van der Waals surface area contributed by atoms with Crippen molar-refractivity contribution in [1.29, 1.82) is 0 Å². The Morgan fingerprint density at radius 1 is 1.27 bits per heavy atom. The van der Waals surface area contributed by atoms with Gasteiger partial charge in [-0.3, -0.25) is 0 Å². The van der Waals surface area contributed by atoms with Gasteiger partial charge < -0.3 is 9.64 Å². The first kappa shape index (κ1) is 14.1. The number of rotatable bonds is 0. The lowest BCUT2D eigenvalue weighted by Gasteiger charge is -2.23. The second-order valence-corrected chi connectivity index (χ2v) is 4.28. The van der Waals surface area contributed by atoms with Crippen LogP contribution in [0.4, 0.5) is 13.6 Å². The fourth-order valence-electron chi connectivity index (χ4n) is 1.23. The monoisotopic (exact) mass is 223 g/mol. The minimum Gasteiger partial charge on any atom is -0.444 e. The van der Waals surface area contributed by atoms with Crippen LogP contribution in [0.15, 0.2) is 0 Å².